The van der Waals surface area contributed by atoms with Gasteiger partial charge in [0.2, 0.25) is 5.91 Å². The van der Waals surface area contributed by atoms with E-state index in [9.17, 15) is 9.59 Å². The summed E-state index contributed by atoms with van der Waals surface area (Å²) in [7, 11) is 0. The lowest BCUT2D eigenvalue weighted by Crippen LogP contribution is -2.45. The molecule has 0 bridgehead atoms. The number of morpholine rings is 1. The van der Waals surface area contributed by atoms with Crippen LogP contribution in [0.4, 0.5) is 11.4 Å². The predicted octanol–water partition coefficient (Wildman–Crippen LogP) is 3.70. The first-order chi connectivity index (χ1) is 15.5. The van der Waals surface area contributed by atoms with Crippen LogP contribution >= 0.6 is 23.2 Å². The van der Waals surface area contributed by atoms with Crippen LogP contribution in [-0.4, -0.2) is 62.7 Å². The lowest BCUT2D eigenvalue weighted by atomic mass is 10.2. The number of anilines is 2. The second kappa shape index (κ2) is 10.4. The monoisotopic (exact) mass is 475 g/mol. The van der Waals surface area contributed by atoms with E-state index in [2.05, 4.69) is 10.2 Å². The van der Waals surface area contributed by atoms with Gasteiger partial charge in [0, 0.05) is 48.0 Å². The third kappa shape index (κ3) is 5.61. The van der Waals surface area contributed by atoms with Crippen LogP contribution in [0.15, 0.2) is 42.5 Å². The smallest absolute Gasteiger partial charge is 0.265 e. The second-order valence-electron chi connectivity index (χ2n) is 7.46. The van der Waals surface area contributed by atoms with Crippen molar-refractivity contribution in [1.29, 1.82) is 0 Å². The number of hydrogen-bond acceptors (Lipinski definition) is 5. The SMILES string of the molecule is O=C(/C=C/c1ccc(Cl)cc1Cl)Nc1ccc2c(c1)N(CCN1CCOCC1)C(=O)CO2. The molecular formula is C23H23Cl2N3O4. The van der Waals surface area contributed by atoms with Crippen molar-refractivity contribution in [2.45, 2.75) is 0 Å². The van der Waals surface area contributed by atoms with Crippen LogP contribution < -0.4 is 15.0 Å². The van der Waals surface area contributed by atoms with Crippen molar-refractivity contribution in [2.75, 3.05) is 56.2 Å². The van der Waals surface area contributed by atoms with Crippen molar-refractivity contribution < 1.29 is 19.1 Å². The van der Waals surface area contributed by atoms with E-state index < -0.39 is 0 Å². The van der Waals surface area contributed by atoms with E-state index >= 15 is 0 Å². The molecule has 9 heteroatoms. The van der Waals surface area contributed by atoms with Crippen LogP contribution in [0.5, 0.6) is 5.75 Å². The molecule has 2 aliphatic heterocycles. The normalized spacial score (nSPS) is 16.7. The van der Waals surface area contributed by atoms with E-state index in [4.69, 9.17) is 32.7 Å². The molecule has 1 fully saturated rings. The number of halogens is 2. The number of nitrogens with one attached hydrogen (secondary N) is 1. The van der Waals surface area contributed by atoms with E-state index in [0.29, 0.717) is 52.5 Å². The Bertz CT molecular complexity index is 1040. The summed E-state index contributed by atoms with van der Waals surface area (Å²) >= 11 is 12.0. The second-order valence-corrected chi connectivity index (χ2v) is 8.30. The highest BCUT2D eigenvalue weighted by molar-refractivity contribution is 6.35. The molecule has 32 heavy (non-hydrogen) atoms. The van der Waals surface area contributed by atoms with Gasteiger partial charge < -0.3 is 19.7 Å². The first-order valence-electron chi connectivity index (χ1n) is 10.3. The van der Waals surface area contributed by atoms with Gasteiger partial charge in [-0.15, -0.1) is 0 Å². The molecule has 2 amide bonds. The zero-order valence-electron chi connectivity index (χ0n) is 17.4. The van der Waals surface area contributed by atoms with Crippen LogP contribution in [0.1, 0.15) is 5.56 Å². The third-order valence-electron chi connectivity index (χ3n) is 5.29. The van der Waals surface area contributed by atoms with Crippen molar-refractivity contribution in [3.05, 3.63) is 58.1 Å². The molecule has 7 nitrogen and oxygen atoms in total. The maximum atomic E-state index is 12.5. The third-order valence-corrected chi connectivity index (χ3v) is 5.85. The summed E-state index contributed by atoms with van der Waals surface area (Å²) in [6, 6.07) is 10.3. The fourth-order valence-electron chi connectivity index (χ4n) is 3.58. The molecule has 2 heterocycles. The lowest BCUT2D eigenvalue weighted by Gasteiger charge is -2.33. The van der Waals surface area contributed by atoms with Gasteiger partial charge in [-0.05, 0) is 42.0 Å². The summed E-state index contributed by atoms with van der Waals surface area (Å²) in [6.45, 7) is 4.41. The summed E-state index contributed by atoms with van der Waals surface area (Å²) in [5.74, 6) is 0.193. The van der Waals surface area contributed by atoms with Gasteiger partial charge >= 0.3 is 0 Å². The Kier molecular flexibility index (Phi) is 7.32. The van der Waals surface area contributed by atoms with E-state index in [1.165, 1.54) is 6.08 Å². The van der Waals surface area contributed by atoms with Gasteiger partial charge in [0.25, 0.3) is 5.91 Å². The molecule has 0 atom stereocenters. The fraction of sp³-hybridized carbons (Fsp3) is 0.304. The van der Waals surface area contributed by atoms with Gasteiger partial charge in [-0.2, -0.15) is 0 Å². The minimum absolute atomic E-state index is 0.00636. The van der Waals surface area contributed by atoms with Crippen molar-refractivity contribution in [3.8, 4) is 5.75 Å². The summed E-state index contributed by atoms with van der Waals surface area (Å²) < 4.78 is 10.9. The average Bonchev–Trinajstić information content (AvgIpc) is 2.78. The highest BCUT2D eigenvalue weighted by Gasteiger charge is 2.26. The van der Waals surface area contributed by atoms with E-state index in [0.717, 1.165) is 19.6 Å². The molecule has 2 aromatic carbocycles. The largest absolute Gasteiger partial charge is 0.482 e. The molecule has 168 valence electrons. The van der Waals surface area contributed by atoms with E-state index in [1.807, 2.05) is 0 Å². The molecule has 0 unspecified atom stereocenters. The van der Waals surface area contributed by atoms with Gasteiger partial charge in [0.05, 0.1) is 18.9 Å². The standard InChI is InChI=1S/C23H23Cl2N3O4/c24-17-3-1-16(19(25)13-17)2-6-22(29)26-18-4-5-21-20(14-18)28(23(30)15-32-21)8-7-27-9-11-31-12-10-27/h1-6,13-14H,7-12,15H2,(H,26,29)/b6-2+. The molecule has 0 aliphatic carbocycles. The zero-order chi connectivity index (χ0) is 22.5. The minimum Gasteiger partial charge on any atom is -0.482 e. The lowest BCUT2D eigenvalue weighted by molar-refractivity contribution is -0.121. The van der Waals surface area contributed by atoms with Gasteiger partial charge in [-0.3, -0.25) is 14.5 Å². The minimum atomic E-state index is -0.320. The van der Waals surface area contributed by atoms with Crippen molar-refractivity contribution in [1.82, 2.24) is 4.90 Å². The maximum absolute atomic E-state index is 12.5. The van der Waals surface area contributed by atoms with Gasteiger partial charge in [-0.1, -0.05) is 29.3 Å². The number of rotatable bonds is 6. The van der Waals surface area contributed by atoms with Crippen molar-refractivity contribution in [2.24, 2.45) is 0 Å². The number of hydrogen-bond donors (Lipinski definition) is 1. The van der Waals surface area contributed by atoms with Gasteiger partial charge in [0.1, 0.15) is 5.75 Å². The Morgan fingerprint density at radius 1 is 1.09 bits per heavy atom. The van der Waals surface area contributed by atoms with Gasteiger partial charge in [0.15, 0.2) is 6.61 Å². The molecular weight excluding hydrogens is 453 g/mol. The number of fused-ring (bicyclic) bond motifs is 1. The molecule has 0 spiro atoms. The Balaban J connectivity index is 1.44. The highest BCUT2D eigenvalue weighted by atomic mass is 35.5. The van der Waals surface area contributed by atoms with E-state index in [-0.39, 0.29) is 18.4 Å². The molecule has 4 rings (SSSR count). The highest BCUT2D eigenvalue weighted by Crippen LogP contribution is 2.34. The molecule has 2 aliphatic rings. The Labute approximate surface area is 196 Å². The first kappa shape index (κ1) is 22.6. The van der Waals surface area contributed by atoms with Crippen LogP contribution in [0, 0.1) is 0 Å². The number of carbonyl (C=O) groups is 2. The Morgan fingerprint density at radius 2 is 1.91 bits per heavy atom. The summed E-state index contributed by atoms with van der Waals surface area (Å²) in [5, 5.41) is 3.81. The summed E-state index contributed by atoms with van der Waals surface area (Å²) in [6.07, 6.45) is 3.01. The maximum Gasteiger partial charge on any atom is 0.265 e. The fourth-order valence-corrected chi connectivity index (χ4v) is 4.05. The molecule has 0 saturated carbocycles. The van der Waals surface area contributed by atoms with Crippen LogP contribution in [-0.2, 0) is 14.3 Å². The quantitative estimate of drug-likeness (QED) is 0.644. The van der Waals surface area contributed by atoms with Crippen LogP contribution in [0.3, 0.4) is 0 Å². The number of amides is 2. The predicted molar refractivity (Wildman–Crippen MR) is 126 cm³/mol. The number of ether oxygens (including phenoxy) is 2. The average molecular weight is 476 g/mol. The van der Waals surface area contributed by atoms with Crippen molar-refractivity contribution >= 4 is 52.5 Å². The molecule has 1 N–H and O–H groups in total. The number of benzene rings is 2. The van der Waals surface area contributed by atoms with Crippen LogP contribution in [0.2, 0.25) is 10.0 Å². The molecule has 0 aromatic heterocycles. The summed E-state index contributed by atoms with van der Waals surface area (Å²) in [4.78, 5) is 28.9. The zero-order valence-corrected chi connectivity index (χ0v) is 18.9. The number of carbonyl (C=O) groups excluding carboxylic acids is 2. The summed E-state index contributed by atoms with van der Waals surface area (Å²) in [5.41, 5.74) is 1.90. The van der Waals surface area contributed by atoms with E-state index in [1.54, 1.807) is 47.4 Å². The molecule has 2 aromatic rings. The Morgan fingerprint density at radius 3 is 2.69 bits per heavy atom. The number of nitrogens with zero attached hydrogens (tertiary/aromatic N) is 2. The van der Waals surface area contributed by atoms with Crippen LogP contribution in [0.25, 0.3) is 6.08 Å². The molecule has 1 saturated heterocycles. The first-order valence-corrected chi connectivity index (χ1v) is 11.1. The van der Waals surface area contributed by atoms with Gasteiger partial charge in [-0.25, -0.2) is 0 Å². The van der Waals surface area contributed by atoms with Crippen molar-refractivity contribution in [3.63, 3.8) is 0 Å². The Hall–Kier alpha value is -2.58. The topological polar surface area (TPSA) is 71.1 Å². The molecule has 0 radical (unpaired) electrons.